The Labute approximate surface area is 115 Å². The fourth-order valence-corrected chi connectivity index (χ4v) is 2.25. The van der Waals surface area contributed by atoms with Gasteiger partial charge in [0.2, 0.25) is 0 Å². The van der Waals surface area contributed by atoms with Crippen LogP contribution in [0.3, 0.4) is 0 Å². The van der Waals surface area contributed by atoms with Gasteiger partial charge in [-0.15, -0.1) is 0 Å². The zero-order valence-electron chi connectivity index (χ0n) is 11.8. The Bertz CT molecular complexity index is 395. The van der Waals surface area contributed by atoms with E-state index in [2.05, 4.69) is 11.8 Å². The smallest absolute Gasteiger partial charge is 0.119 e. The van der Waals surface area contributed by atoms with Crippen molar-refractivity contribution in [1.29, 1.82) is 0 Å². The van der Waals surface area contributed by atoms with E-state index in [1.807, 2.05) is 31.2 Å². The van der Waals surface area contributed by atoms with E-state index in [0.717, 1.165) is 37.6 Å². The molecule has 1 fully saturated rings. The largest absolute Gasteiger partial charge is 0.491 e. The van der Waals surface area contributed by atoms with Crippen LogP contribution in [0.5, 0.6) is 5.75 Å². The van der Waals surface area contributed by atoms with Gasteiger partial charge in [-0.3, -0.25) is 4.90 Å². The minimum Gasteiger partial charge on any atom is -0.491 e. The summed E-state index contributed by atoms with van der Waals surface area (Å²) in [5.41, 5.74) is 6.97. The molecule has 2 atom stereocenters. The summed E-state index contributed by atoms with van der Waals surface area (Å²) in [6.45, 7) is 8.58. The van der Waals surface area contributed by atoms with E-state index >= 15 is 0 Å². The number of nitrogens with two attached hydrogens (primary N) is 1. The van der Waals surface area contributed by atoms with E-state index < -0.39 is 0 Å². The van der Waals surface area contributed by atoms with Gasteiger partial charge < -0.3 is 15.2 Å². The Hall–Kier alpha value is -1.10. The van der Waals surface area contributed by atoms with E-state index in [4.69, 9.17) is 15.2 Å². The second kappa shape index (κ2) is 6.89. The van der Waals surface area contributed by atoms with Crippen molar-refractivity contribution in [2.45, 2.75) is 26.0 Å². The first-order valence-electron chi connectivity index (χ1n) is 7.01. The van der Waals surface area contributed by atoms with E-state index in [-0.39, 0.29) is 12.1 Å². The lowest BCUT2D eigenvalue weighted by Gasteiger charge is -2.31. The quantitative estimate of drug-likeness (QED) is 0.881. The Kier molecular flexibility index (Phi) is 5.19. The van der Waals surface area contributed by atoms with Crippen molar-refractivity contribution >= 4 is 0 Å². The highest BCUT2D eigenvalue weighted by atomic mass is 16.5. The summed E-state index contributed by atoms with van der Waals surface area (Å²) in [6, 6.07) is 8.00. The fourth-order valence-electron chi connectivity index (χ4n) is 2.25. The maximum Gasteiger partial charge on any atom is 0.119 e. The minimum atomic E-state index is 0.0325. The van der Waals surface area contributed by atoms with Crippen molar-refractivity contribution in [3.63, 3.8) is 0 Å². The molecule has 2 rings (SSSR count). The van der Waals surface area contributed by atoms with E-state index in [1.54, 1.807) is 0 Å². The third-order valence-corrected chi connectivity index (χ3v) is 3.49. The zero-order valence-corrected chi connectivity index (χ0v) is 11.8. The van der Waals surface area contributed by atoms with Crippen molar-refractivity contribution in [3.05, 3.63) is 29.8 Å². The zero-order chi connectivity index (χ0) is 13.7. The second-order valence-electron chi connectivity index (χ2n) is 5.06. The number of ether oxygens (including phenoxy) is 2. The lowest BCUT2D eigenvalue weighted by atomic mass is 10.1. The van der Waals surface area contributed by atoms with Crippen LogP contribution in [0.4, 0.5) is 0 Å². The summed E-state index contributed by atoms with van der Waals surface area (Å²) in [7, 11) is 0. The molecule has 19 heavy (non-hydrogen) atoms. The molecule has 4 nitrogen and oxygen atoms in total. The number of nitrogens with zero attached hydrogens (tertiary/aromatic N) is 1. The monoisotopic (exact) mass is 264 g/mol. The molecule has 106 valence electrons. The third-order valence-electron chi connectivity index (χ3n) is 3.49. The van der Waals surface area contributed by atoms with Gasteiger partial charge in [-0.2, -0.15) is 0 Å². The number of benzene rings is 1. The van der Waals surface area contributed by atoms with Crippen LogP contribution in [0.2, 0.25) is 0 Å². The van der Waals surface area contributed by atoms with Gasteiger partial charge >= 0.3 is 0 Å². The van der Waals surface area contributed by atoms with Gasteiger partial charge in [0.15, 0.2) is 0 Å². The summed E-state index contributed by atoms with van der Waals surface area (Å²) < 4.78 is 11.5. The Morgan fingerprint density at radius 2 is 2.37 bits per heavy atom. The number of hydrogen-bond acceptors (Lipinski definition) is 4. The molecule has 0 aliphatic carbocycles. The highest BCUT2D eigenvalue weighted by Crippen LogP contribution is 2.18. The summed E-state index contributed by atoms with van der Waals surface area (Å²) >= 11 is 0. The summed E-state index contributed by atoms with van der Waals surface area (Å²) in [5.74, 6) is 0.868. The molecule has 0 saturated carbocycles. The van der Waals surface area contributed by atoms with Crippen LogP contribution in [-0.2, 0) is 4.74 Å². The Balaban J connectivity index is 1.86. The molecule has 4 heteroatoms. The van der Waals surface area contributed by atoms with Crippen LogP contribution >= 0.6 is 0 Å². The van der Waals surface area contributed by atoms with Gasteiger partial charge in [0.05, 0.1) is 6.61 Å². The van der Waals surface area contributed by atoms with Gasteiger partial charge in [0.1, 0.15) is 18.5 Å². The van der Waals surface area contributed by atoms with Crippen molar-refractivity contribution in [3.8, 4) is 5.75 Å². The van der Waals surface area contributed by atoms with Crippen LogP contribution in [0.15, 0.2) is 24.3 Å². The third kappa shape index (κ3) is 4.20. The molecule has 0 bridgehead atoms. The topological polar surface area (TPSA) is 47.7 Å². The maximum absolute atomic E-state index is 5.87. The van der Waals surface area contributed by atoms with Crippen molar-refractivity contribution in [2.75, 3.05) is 32.8 Å². The molecule has 1 unspecified atom stereocenters. The first-order valence-corrected chi connectivity index (χ1v) is 7.01. The second-order valence-corrected chi connectivity index (χ2v) is 5.06. The van der Waals surface area contributed by atoms with Crippen molar-refractivity contribution in [1.82, 2.24) is 4.90 Å². The van der Waals surface area contributed by atoms with Crippen LogP contribution in [0, 0.1) is 0 Å². The highest BCUT2D eigenvalue weighted by Gasteiger charge is 2.19. The normalized spacial score (nSPS) is 22.2. The van der Waals surface area contributed by atoms with Gasteiger partial charge in [0, 0.05) is 19.1 Å². The molecule has 0 radical (unpaired) electrons. The maximum atomic E-state index is 5.87. The summed E-state index contributed by atoms with van der Waals surface area (Å²) in [6.07, 6.45) is 0.160. The van der Waals surface area contributed by atoms with Crippen molar-refractivity contribution in [2.24, 2.45) is 5.73 Å². The highest BCUT2D eigenvalue weighted by molar-refractivity contribution is 5.30. The molecule has 1 aromatic carbocycles. The van der Waals surface area contributed by atoms with Crippen molar-refractivity contribution < 1.29 is 9.47 Å². The first kappa shape index (κ1) is 14.3. The van der Waals surface area contributed by atoms with E-state index in [0.29, 0.717) is 6.61 Å². The van der Waals surface area contributed by atoms with E-state index in [1.165, 1.54) is 0 Å². The molecule has 0 spiro atoms. The van der Waals surface area contributed by atoms with Crippen LogP contribution < -0.4 is 10.5 Å². The summed E-state index contributed by atoms with van der Waals surface area (Å²) in [5, 5.41) is 0. The molecular formula is C15H24N2O2. The lowest BCUT2D eigenvalue weighted by molar-refractivity contribution is -0.0464. The molecule has 0 aromatic heterocycles. The molecule has 1 aliphatic rings. The number of rotatable bonds is 5. The van der Waals surface area contributed by atoms with Gasteiger partial charge in [-0.25, -0.2) is 0 Å². The molecule has 1 aliphatic heterocycles. The number of morpholine rings is 1. The average molecular weight is 264 g/mol. The molecule has 1 saturated heterocycles. The van der Waals surface area contributed by atoms with E-state index in [9.17, 15) is 0 Å². The molecule has 1 heterocycles. The van der Waals surface area contributed by atoms with Crippen LogP contribution in [-0.4, -0.2) is 43.9 Å². The summed E-state index contributed by atoms with van der Waals surface area (Å²) in [4.78, 5) is 2.38. The predicted octanol–water partition coefficient (Wildman–Crippen LogP) is 1.81. The van der Waals surface area contributed by atoms with Crippen LogP contribution in [0.25, 0.3) is 0 Å². The van der Waals surface area contributed by atoms with Gasteiger partial charge in [-0.1, -0.05) is 19.1 Å². The Morgan fingerprint density at radius 1 is 1.53 bits per heavy atom. The minimum absolute atomic E-state index is 0.0325. The molecule has 1 aromatic rings. The first-order chi connectivity index (χ1) is 9.19. The lowest BCUT2D eigenvalue weighted by Crippen LogP contribution is -2.44. The molecule has 2 N–H and O–H groups in total. The fraction of sp³-hybridized carbons (Fsp3) is 0.600. The molecular weight excluding hydrogens is 240 g/mol. The van der Waals surface area contributed by atoms with Crippen LogP contribution in [0.1, 0.15) is 25.5 Å². The average Bonchev–Trinajstić information content (AvgIpc) is 2.45. The molecule has 0 amide bonds. The van der Waals surface area contributed by atoms with Gasteiger partial charge in [0.25, 0.3) is 0 Å². The number of hydrogen-bond donors (Lipinski definition) is 1. The standard InChI is InChI=1S/C15H24N2O2/c1-3-17-7-8-18-15(10-17)11-19-14-6-4-5-13(9-14)12(2)16/h4-6,9,12,15H,3,7-8,10-11,16H2,1-2H3/t12-,15?/m0/s1. The SMILES string of the molecule is CCN1CCOC(COc2cccc([C@H](C)N)c2)C1. The Morgan fingerprint density at radius 3 is 3.11 bits per heavy atom. The number of likely N-dealkylation sites (N-methyl/N-ethyl adjacent to an activating group) is 1. The van der Waals surface area contributed by atoms with Gasteiger partial charge in [-0.05, 0) is 31.2 Å². The predicted molar refractivity (Wildman–Crippen MR) is 76.4 cm³/mol.